The van der Waals surface area contributed by atoms with Gasteiger partial charge in [-0.2, -0.15) is 0 Å². The van der Waals surface area contributed by atoms with Crippen LogP contribution in [-0.2, 0) is 19.6 Å². The normalized spacial score (nSPS) is 16.6. The lowest BCUT2D eigenvalue weighted by molar-refractivity contribution is -0.121. The first-order chi connectivity index (χ1) is 12.7. The molecule has 1 fully saturated rings. The minimum absolute atomic E-state index is 0.225. The van der Waals surface area contributed by atoms with Crippen LogP contribution in [0.2, 0.25) is 5.02 Å². The first-order valence-electron chi connectivity index (χ1n) is 8.65. The summed E-state index contributed by atoms with van der Waals surface area (Å²) in [5, 5.41) is 3.15. The number of carbonyl (C=O) groups excluding carboxylic acids is 1. The summed E-state index contributed by atoms with van der Waals surface area (Å²) in [4.78, 5) is 14.8. The average Bonchev–Trinajstić information content (AvgIpc) is 2.61. The number of morpholine rings is 1. The van der Waals surface area contributed by atoms with E-state index in [4.69, 9.17) is 21.1 Å². The summed E-state index contributed by atoms with van der Waals surface area (Å²) in [5.41, 5.74) is 0.225. The van der Waals surface area contributed by atoms with Gasteiger partial charge in [-0.25, -0.2) is 8.42 Å². The number of hydrogen-bond donors (Lipinski definition) is 1. The van der Waals surface area contributed by atoms with E-state index in [2.05, 4.69) is 10.2 Å². The van der Waals surface area contributed by atoms with Gasteiger partial charge in [-0.05, 0) is 25.1 Å². The lowest BCUT2D eigenvalue weighted by Crippen LogP contribution is -2.49. The molecule has 0 spiro atoms. The quantitative estimate of drug-likeness (QED) is 0.675. The number of amides is 1. The molecule has 1 aromatic carbocycles. The molecule has 1 heterocycles. The first-order valence-corrected chi connectivity index (χ1v) is 10.9. The number of anilines is 1. The smallest absolute Gasteiger partial charge is 0.243 e. The Balaban J connectivity index is 2.11. The number of methoxy groups -OCH3 is 1. The van der Waals surface area contributed by atoms with Gasteiger partial charge in [0.05, 0.1) is 32.3 Å². The van der Waals surface area contributed by atoms with Gasteiger partial charge in [-0.1, -0.05) is 11.6 Å². The Morgan fingerprint density at radius 3 is 2.67 bits per heavy atom. The molecule has 0 radical (unpaired) electrons. The predicted molar refractivity (Wildman–Crippen MR) is 105 cm³/mol. The second kappa shape index (κ2) is 9.59. The second-order valence-electron chi connectivity index (χ2n) is 6.30. The molecule has 27 heavy (non-hydrogen) atoms. The molecule has 0 aliphatic carbocycles. The molecule has 1 N–H and O–H groups in total. The van der Waals surface area contributed by atoms with Crippen molar-refractivity contribution < 1.29 is 22.7 Å². The molecular formula is C17H26ClN3O5S. The maximum atomic E-state index is 12.6. The molecule has 10 heteroatoms. The van der Waals surface area contributed by atoms with Crippen LogP contribution >= 0.6 is 11.6 Å². The van der Waals surface area contributed by atoms with Crippen molar-refractivity contribution in [2.24, 2.45) is 0 Å². The van der Waals surface area contributed by atoms with Crippen LogP contribution in [0.3, 0.4) is 0 Å². The van der Waals surface area contributed by atoms with Crippen molar-refractivity contribution in [2.75, 3.05) is 57.1 Å². The molecule has 1 aliphatic rings. The number of carbonyl (C=O) groups is 1. The second-order valence-corrected chi connectivity index (χ2v) is 8.59. The minimum atomic E-state index is -3.75. The molecule has 0 unspecified atom stereocenters. The van der Waals surface area contributed by atoms with Crippen LogP contribution in [0.5, 0.6) is 5.75 Å². The van der Waals surface area contributed by atoms with E-state index in [1.807, 2.05) is 0 Å². The van der Waals surface area contributed by atoms with E-state index in [0.717, 1.165) is 23.7 Å². The van der Waals surface area contributed by atoms with Gasteiger partial charge in [0.2, 0.25) is 15.9 Å². The zero-order chi connectivity index (χ0) is 20.0. The van der Waals surface area contributed by atoms with E-state index in [1.165, 1.54) is 20.1 Å². The third-order valence-corrected chi connectivity index (χ3v) is 5.76. The van der Waals surface area contributed by atoms with Crippen LogP contribution in [0.25, 0.3) is 0 Å². The molecule has 1 atom stereocenters. The Morgan fingerprint density at radius 1 is 1.41 bits per heavy atom. The zero-order valence-corrected chi connectivity index (χ0v) is 17.3. The Bertz CT molecular complexity index is 753. The van der Waals surface area contributed by atoms with Crippen LogP contribution in [0.1, 0.15) is 6.92 Å². The molecule has 1 aromatic rings. The van der Waals surface area contributed by atoms with E-state index < -0.39 is 22.0 Å². The van der Waals surface area contributed by atoms with Crippen LogP contribution in [0, 0.1) is 0 Å². The number of ether oxygens (including phenoxy) is 2. The Labute approximate surface area is 165 Å². The number of nitrogens with one attached hydrogen (secondary N) is 1. The number of rotatable bonds is 8. The van der Waals surface area contributed by atoms with Crippen LogP contribution in [-0.4, -0.2) is 78.0 Å². The molecule has 152 valence electrons. The number of sulfonamides is 1. The van der Waals surface area contributed by atoms with Gasteiger partial charge in [0, 0.05) is 31.2 Å². The van der Waals surface area contributed by atoms with Crippen LogP contribution in [0.4, 0.5) is 5.69 Å². The third kappa shape index (κ3) is 5.97. The number of hydrogen-bond acceptors (Lipinski definition) is 6. The molecule has 1 saturated heterocycles. The lowest BCUT2D eigenvalue weighted by Gasteiger charge is -2.30. The maximum absolute atomic E-state index is 12.6. The van der Waals surface area contributed by atoms with Gasteiger partial charge in [0.15, 0.2) is 0 Å². The van der Waals surface area contributed by atoms with Gasteiger partial charge in [-0.3, -0.25) is 14.0 Å². The SMILES string of the molecule is COc1ccc(Cl)cc1N([C@H](C)C(=O)NCCN1CCOCC1)S(C)(=O)=O. The Kier molecular flexibility index (Phi) is 7.72. The van der Waals surface area contributed by atoms with Crippen molar-refractivity contribution in [3.63, 3.8) is 0 Å². The average molecular weight is 420 g/mol. The Hall–Kier alpha value is -1.55. The van der Waals surface area contributed by atoms with Crippen LogP contribution < -0.4 is 14.4 Å². The zero-order valence-electron chi connectivity index (χ0n) is 15.8. The Morgan fingerprint density at radius 2 is 2.07 bits per heavy atom. The van der Waals surface area contributed by atoms with E-state index in [1.54, 1.807) is 12.1 Å². The highest BCUT2D eigenvalue weighted by Gasteiger charge is 2.31. The van der Waals surface area contributed by atoms with Gasteiger partial charge < -0.3 is 14.8 Å². The van der Waals surface area contributed by atoms with Crippen LogP contribution in [0.15, 0.2) is 18.2 Å². The molecule has 1 amide bonds. The summed E-state index contributed by atoms with van der Waals surface area (Å²) >= 11 is 6.03. The van der Waals surface area contributed by atoms with Crippen molar-refractivity contribution in [2.45, 2.75) is 13.0 Å². The molecule has 1 aliphatic heterocycles. The van der Waals surface area contributed by atoms with Gasteiger partial charge in [-0.15, -0.1) is 0 Å². The maximum Gasteiger partial charge on any atom is 0.243 e. The summed E-state index contributed by atoms with van der Waals surface area (Å²) in [6.07, 6.45) is 1.05. The molecule has 0 aromatic heterocycles. The molecule has 0 bridgehead atoms. The number of nitrogens with zero attached hydrogens (tertiary/aromatic N) is 2. The van der Waals surface area contributed by atoms with Crippen molar-refractivity contribution >= 4 is 33.2 Å². The minimum Gasteiger partial charge on any atom is -0.495 e. The van der Waals surface area contributed by atoms with Crippen molar-refractivity contribution in [1.29, 1.82) is 0 Å². The summed E-state index contributed by atoms with van der Waals surface area (Å²) in [6.45, 7) is 5.64. The standard InChI is InChI=1S/C17H26ClN3O5S/c1-13(17(22)19-6-7-20-8-10-26-11-9-20)21(27(3,23)24)15-12-14(18)4-5-16(15)25-2/h4-5,12-13H,6-11H2,1-3H3,(H,19,22)/t13-/m1/s1. The summed E-state index contributed by atoms with van der Waals surface area (Å²) < 4.78 is 36.4. The van der Waals surface area contributed by atoms with E-state index >= 15 is 0 Å². The predicted octanol–water partition coefficient (Wildman–Crippen LogP) is 0.951. The lowest BCUT2D eigenvalue weighted by atomic mass is 10.2. The van der Waals surface area contributed by atoms with E-state index in [0.29, 0.717) is 37.1 Å². The van der Waals surface area contributed by atoms with Crippen molar-refractivity contribution in [3.8, 4) is 5.75 Å². The van der Waals surface area contributed by atoms with E-state index in [9.17, 15) is 13.2 Å². The highest BCUT2D eigenvalue weighted by Crippen LogP contribution is 2.34. The van der Waals surface area contributed by atoms with Gasteiger partial charge >= 0.3 is 0 Å². The molecule has 2 rings (SSSR count). The number of halogens is 1. The highest BCUT2D eigenvalue weighted by molar-refractivity contribution is 7.92. The molecule has 8 nitrogen and oxygen atoms in total. The van der Waals surface area contributed by atoms with Crippen molar-refractivity contribution in [1.82, 2.24) is 10.2 Å². The number of benzene rings is 1. The summed E-state index contributed by atoms with van der Waals surface area (Å²) in [7, 11) is -2.32. The van der Waals surface area contributed by atoms with Gasteiger partial charge in [0.25, 0.3) is 0 Å². The fourth-order valence-corrected chi connectivity index (χ4v) is 4.26. The van der Waals surface area contributed by atoms with Gasteiger partial charge in [0.1, 0.15) is 11.8 Å². The van der Waals surface area contributed by atoms with E-state index in [-0.39, 0.29) is 5.69 Å². The molecular weight excluding hydrogens is 394 g/mol. The summed E-state index contributed by atoms with van der Waals surface area (Å²) in [6, 6.07) is 3.67. The summed E-state index contributed by atoms with van der Waals surface area (Å²) in [5.74, 6) is -0.0755. The molecule has 0 saturated carbocycles. The van der Waals surface area contributed by atoms with Crippen molar-refractivity contribution in [3.05, 3.63) is 23.2 Å². The fourth-order valence-electron chi connectivity index (χ4n) is 2.93. The topological polar surface area (TPSA) is 88.2 Å². The highest BCUT2D eigenvalue weighted by atomic mass is 35.5. The largest absolute Gasteiger partial charge is 0.495 e. The first kappa shape index (κ1) is 21.7. The third-order valence-electron chi connectivity index (χ3n) is 4.30. The monoisotopic (exact) mass is 419 g/mol. The fraction of sp³-hybridized carbons (Fsp3) is 0.588.